The molecule has 0 aromatic rings. The monoisotopic (exact) mass is 371 g/mol. The van der Waals surface area contributed by atoms with Gasteiger partial charge in [0.2, 0.25) is 0 Å². The molecule has 1 N–H and O–H groups in total. The van der Waals surface area contributed by atoms with Crippen LogP contribution >= 0.6 is 0 Å². The first kappa shape index (κ1) is 24.7. The lowest BCUT2D eigenvalue weighted by Gasteiger charge is -2.19. The molecule has 5 nitrogen and oxygen atoms in total. The average molecular weight is 372 g/mol. The Morgan fingerprint density at radius 3 is 1.96 bits per heavy atom. The Bertz CT molecular complexity index is 364. The quantitative estimate of drug-likeness (QED) is 0.294. The molecule has 0 heterocycles. The zero-order valence-electron chi connectivity index (χ0n) is 17.5. The third-order valence-corrected chi connectivity index (χ3v) is 3.99. The number of carbonyl (C=O) groups is 2. The molecule has 0 saturated carbocycles. The van der Waals surface area contributed by atoms with Gasteiger partial charge in [0.25, 0.3) is 0 Å². The van der Waals surface area contributed by atoms with E-state index in [4.69, 9.17) is 9.47 Å². The number of unbranched alkanes of at least 4 members (excludes halogenated alkanes) is 9. The van der Waals surface area contributed by atoms with Crippen molar-refractivity contribution >= 4 is 12.1 Å². The van der Waals surface area contributed by atoms with Crippen LogP contribution in [0.15, 0.2) is 0 Å². The van der Waals surface area contributed by atoms with E-state index in [0.717, 1.165) is 25.7 Å². The molecule has 0 radical (unpaired) electrons. The van der Waals surface area contributed by atoms with Gasteiger partial charge >= 0.3 is 12.1 Å². The van der Waals surface area contributed by atoms with E-state index in [-0.39, 0.29) is 5.97 Å². The van der Waals surface area contributed by atoms with Gasteiger partial charge in [-0.25, -0.2) is 4.79 Å². The first-order valence-electron chi connectivity index (χ1n) is 10.5. The number of carbonyl (C=O) groups excluding carboxylic acids is 2. The van der Waals surface area contributed by atoms with Crippen LogP contribution in [0, 0.1) is 0 Å². The number of esters is 1. The van der Waals surface area contributed by atoms with Gasteiger partial charge in [0.05, 0.1) is 6.61 Å². The summed E-state index contributed by atoms with van der Waals surface area (Å²) in [5.74, 6) is -0.104. The number of rotatable bonds is 15. The second-order valence-corrected chi connectivity index (χ2v) is 7.93. The number of amides is 1. The largest absolute Gasteiger partial charge is 0.466 e. The summed E-state index contributed by atoms with van der Waals surface area (Å²) in [5, 5.41) is 2.70. The summed E-state index contributed by atoms with van der Waals surface area (Å²) in [6.45, 7) is 8.69. The van der Waals surface area contributed by atoms with E-state index >= 15 is 0 Å². The van der Waals surface area contributed by atoms with Crippen molar-refractivity contribution in [3.8, 4) is 0 Å². The van der Waals surface area contributed by atoms with Crippen molar-refractivity contribution in [2.24, 2.45) is 0 Å². The van der Waals surface area contributed by atoms with Crippen LogP contribution in [0.3, 0.4) is 0 Å². The second kappa shape index (κ2) is 16.0. The van der Waals surface area contributed by atoms with Crippen LogP contribution in [0.4, 0.5) is 4.79 Å². The molecule has 0 aromatic carbocycles. The standard InChI is InChI=1S/C21H41NO4/c1-5-6-7-8-9-10-11-12-13-16-19(23)25-18-15-14-17-22-20(24)26-21(2,3)4/h5-18H2,1-4H3,(H,22,24). The maximum atomic E-state index is 11.6. The Balaban J connectivity index is 3.33. The predicted octanol–water partition coefficient (Wildman–Crippen LogP) is 5.76. The van der Waals surface area contributed by atoms with E-state index < -0.39 is 11.7 Å². The lowest BCUT2D eigenvalue weighted by atomic mass is 10.1. The van der Waals surface area contributed by atoms with Crippen LogP contribution in [0.2, 0.25) is 0 Å². The van der Waals surface area contributed by atoms with Gasteiger partial charge < -0.3 is 14.8 Å². The summed E-state index contributed by atoms with van der Waals surface area (Å²) in [7, 11) is 0. The molecule has 0 spiro atoms. The fourth-order valence-corrected chi connectivity index (χ4v) is 2.57. The molecule has 0 bridgehead atoms. The van der Waals surface area contributed by atoms with Crippen LogP contribution < -0.4 is 5.32 Å². The van der Waals surface area contributed by atoms with Gasteiger partial charge in [-0.3, -0.25) is 4.79 Å². The normalized spacial score (nSPS) is 11.2. The zero-order valence-corrected chi connectivity index (χ0v) is 17.5. The molecule has 0 aromatic heterocycles. The lowest BCUT2D eigenvalue weighted by Crippen LogP contribution is -2.33. The summed E-state index contributed by atoms with van der Waals surface area (Å²) < 4.78 is 10.4. The second-order valence-electron chi connectivity index (χ2n) is 7.93. The van der Waals surface area contributed by atoms with E-state index in [1.165, 1.54) is 44.9 Å². The maximum absolute atomic E-state index is 11.6. The fourth-order valence-electron chi connectivity index (χ4n) is 2.57. The molecule has 154 valence electrons. The van der Waals surface area contributed by atoms with Crippen molar-refractivity contribution in [1.82, 2.24) is 5.32 Å². The molecule has 5 heteroatoms. The molecule has 0 fully saturated rings. The smallest absolute Gasteiger partial charge is 0.407 e. The van der Waals surface area contributed by atoms with Crippen molar-refractivity contribution < 1.29 is 19.1 Å². The fraction of sp³-hybridized carbons (Fsp3) is 0.905. The van der Waals surface area contributed by atoms with Crippen molar-refractivity contribution in [1.29, 1.82) is 0 Å². The topological polar surface area (TPSA) is 64.6 Å². The first-order valence-corrected chi connectivity index (χ1v) is 10.5. The number of hydrogen-bond donors (Lipinski definition) is 1. The van der Waals surface area contributed by atoms with E-state index in [0.29, 0.717) is 19.6 Å². The van der Waals surface area contributed by atoms with Crippen molar-refractivity contribution in [3.63, 3.8) is 0 Å². The summed E-state index contributed by atoms with van der Waals surface area (Å²) in [6, 6.07) is 0. The molecule has 0 atom stereocenters. The first-order chi connectivity index (χ1) is 12.3. The van der Waals surface area contributed by atoms with Gasteiger partial charge in [-0.15, -0.1) is 0 Å². The highest BCUT2D eigenvalue weighted by Crippen LogP contribution is 2.11. The Morgan fingerprint density at radius 1 is 0.808 bits per heavy atom. The van der Waals surface area contributed by atoms with Gasteiger partial charge in [0, 0.05) is 13.0 Å². The third-order valence-electron chi connectivity index (χ3n) is 3.99. The molecule has 0 saturated heterocycles. The SMILES string of the molecule is CCCCCCCCCCCC(=O)OCCCCNC(=O)OC(C)(C)C. The van der Waals surface area contributed by atoms with Gasteiger partial charge in [-0.05, 0) is 40.0 Å². The molecule has 0 unspecified atom stereocenters. The van der Waals surface area contributed by atoms with E-state index in [9.17, 15) is 9.59 Å². The molecular formula is C21H41NO4. The van der Waals surface area contributed by atoms with Gasteiger partial charge in [-0.1, -0.05) is 58.3 Å². The lowest BCUT2D eigenvalue weighted by molar-refractivity contribution is -0.143. The van der Waals surface area contributed by atoms with Crippen LogP contribution in [-0.4, -0.2) is 30.8 Å². The van der Waals surface area contributed by atoms with Crippen molar-refractivity contribution in [2.75, 3.05) is 13.2 Å². The van der Waals surface area contributed by atoms with Crippen LogP contribution in [0.25, 0.3) is 0 Å². The molecule has 0 rings (SSSR count). The number of nitrogens with one attached hydrogen (secondary N) is 1. The van der Waals surface area contributed by atoms with Crippen LogP contribution in [-0.2, 0) is 14.3 Å². The molecule has 0 aliphatic carbocycles. The summed E-state index contributed by atoms with van der Waals surface area (Å²) in [5.41, 5.74) is -0.478. The highest BCUT2D eigenvalue weighted by Gasteiger charge is 2.15. The number of hydrogen-bond acceptors (Lipinski definition) is 4. The molecule has 0 aliphatic heterocycles. The van der Waals surface area contributed by atoms with Gasteiger partial charge in [-0.2, -0.15) is 0 Å². The highest BCUT2D eigenvalue weighted by atomic mass is 16.6. The Kier molecular flexibility index (Phi) is 15.2. The van der Waals surface area contributed by atoms with Crippen LogP contribution in [0.1, 0.15) is 105 Å². The summed E-state index contributed by atoms with van der Waals surface area (Å²) in [4.78, 5) is 23.1. The van der Waals surface area contributed by atoms with E-state index in [1.807, 2.05) is 20.8 Å². The van der Waals surface area contributed by atoms with E-state index in [2.05, 4.69) is 12.2 Å². The highest BCUT2D eigenvalue weighted by molar-refractivity contribution is 5.69. The molecule has 0 aliphatic rings. The van der Waals surface area contributed by atoms with Crippen LogP contribution in [0.5, 0.6) is 0 Å². The average Bonchev–Trinajstić information content (AvgIpc) is 2.55. The van der Waals surface area contributed by atoms with Crippen molar-refractivity contribution in [3.05, 3.63) is 0 Å². The summed E-state index contributed by atoms with van der Waals surface area (Å²) >= 11 is 0. The predicted molar refractivity (Wildman–Crippen MR) is 106 cm³/mol. The Hall–Kier alpha value is -1.26. The number of alkyl carbamates (subject to hydrolysis) is 1. The molecule has 1 amide bonds. The van der Waals surface area contributed by atoms with Gasteiger partial charge in [0.15, 0.2) is 0 Å². The maximum Gasteiger partial charge on any atom is 0.407 e. The van der Waals surface area contributed by atoms with Gasteiger partial charge in [0.1, 0.15) is 5.60 Å². The minimum absolute atomic E-state index is 0.104. The summed E-state index contributed by atoms with van der Waals surface area (Å²) in [6.07, 6.45) is 12.8. The Morgan fingerprint density at radius 2 is 1.38 bits per heavy atom. The minimum atomic E-state index is -0.478. The minimum Gasteiger partial charge on any atom is -0.466 e. The molecular weight excluding hydrogens is 330 g/mol. The zero-order chi connectivity index (χ0) is 19.7. The Labute approximate surface area is 160 Å². The molecule has 26 heavy (non-hydrogen) atoms. The van der Waals surface area contributed by atoms with E-state index in [1.54, 1.807) is 0 Å². The number of ether oxygens (including phenoxy) is 2. The third kappa shape index (κ3) is 19.1. The van der Waals surface area contributed by atoms with Crippen molar-refractivity contribution in [2.45, 2.75) is 110 Å².